The molecule has 0 bridgehead atoms. The van der Waals surface area contributed by atoms with Crippen LogP contribution in [0.1, 0.15) is 25.3 Å². The van der Waals surface area contributed by atoms with Gasteiger partial charge in [-0.3, -0.25) is 0 Å². The first-order valence-corrected chi connectivity index (χ1v) is 7.19. The molecular weight excluding hydrogens is 276 g/mol. The first kappa shape index (κ1) is 17.1. The topological polar surface area (TPSA) is 70.5 Å². The van der Waals surface area contributed by atoms with Crippen LogP contribution in [0.3, 0.4) is 0 Å². The van der Waals surface area contributed by atoms with Gasteiger partial charge in [-0.25, -0.2) is 0 Å². The van der Waals surface area contributed by atoms with Crippen molar-refractivity contribution in [1.82, 2.24) is 0 Å². The van der Waals surface area contributed by atoms with E-state index in [9.17, 15) is 0 Å². The van der Waals surface area contributed by atoms with Gasteiger partial charge in [0, 0.05) is 6.07 Å². The Balaban J connectivity index is 3.14. The number of ether oxygens (including phenoxy) is 2. The molecule has 20 heavy (non-hydrogen) atoms. The summed E-state index contributed by atoms with van der Waals surface area (Å²) in [7, 11) is 3.23. The molecule has 0 spiro atoms. The maximum Gasteiger partial charge on any atom is 0.141 e. The molecule has 0 aliphatic carbocycles. The minimum Gasteiger partial charge on any atom is -0.496 e. The Labute approximate surface area is 126 Å². The third-order valence-corrected chi connectivity index (χ3v) is 4.43. The van der Waals surface area contributed by atoms with Crippen molar-refractivity contribution < 1.29 is 9.47 Å². The molecule has 5 heteroatoms. The highest BCUT2D eigenvalue weighted by Crippen LogP contribution is 2.40. The van der Waals surface area contributed by atoms with Crippen LogP contribution in [0.5, 0.6) is 11.5 Å². The molecule has 0 saturated carbocycles. The predicted molar refractivity (Wildman–Crippen MR) is 83.7 cm³/mol. The van der Waals surface area contributed by atoms with Gasteiger partial charge in [0.2, 0.25) is 0 Å². The lowest BCUT2D eigenvalue weighted by molar-refractivity contribution is 0.318. The fourth-order valence-corrected chi connectivity index (χ4v) is 2.71. The van der Waals surface area contributed by atoms with E-state index in [2.05, 4.69) is 13.8 Å². The predicted octanol–water partition coefficient (Wildman–Crippen LogP) is 2.63. The maximum absolute atomic E-state index is 6.22. The van der Waals surface area contributed by atoms with Gasteiger partial charge in [0.25, 0.3) is 0 Å². The fraction of sp³-hybridized carbons (Fsp3) is 0.600. The monoisotopic (exact) mass is 300 g/mol. The fourth-order valence-electron chi connectivity index (χ4n) is 2.46. The van der Waals surface area contributed by atoms with Crippen LogP contribution >= 0.6 is 11.6 Å². The Morgan fingerprint density at radius 1 is 1.05 bits per heavy atom. The van der Waals surface area contributed by atoms with Gasteiger partial charge < -0.3 is 20.9 Å². The molecule has 0 aliphatic rings. The SMILES string of the molecule is COc1cc(OC)c(C(C)C(C)C(CN)CN)cc1Cl. The molecule has 114 valence electrons. The molecule has 0 heterocycles. The van der Waals surface area contributed by atoms with E-state index < -0.39 is 0 Å². The van der Waals surface area contributed by atoms with E-state index >= 15 is 0 Å². The van der Waals surface area contributed by atoms with Crippen molar-refractivity contribution in [3.8, 4) is 11.5 Å². The van der Waals surface area contributed by atoms with Crippen molar-refractivity contribution in [3.05, 3.63) is 22.7 Å². The molecular formula is C15H25ClN2O2. The lowest BCUT2D eigenvalue weighted by atomic mass is 9.80. The molecule has 0 amide bonds. The van der Waals surface area contributed by atoms with Crippen LogP contribution in [-0.4, -0.2) is 27.3 Å². The van der Waals surface area contributed by atoms with E-state index in [0.29, 0.717) is 29.8 Å². The van der Waals surface area contributed by atoms with E-state index in [1.807, 2.05) is 12.1 Å². The highest BCUT2D eigenvalue weighted by molar-refractivity contribution is 6.32. The standard InChI is InChI=1S/C15H25ClN2O2/c1-9(11(7-17)8-18)10(2)12-5-13(16)15(20-4)6-14(12)19-3/h5-6,9-11H,7-8,17-18H2,1-4H3. The van der Waals surface area contributed by atoms with Gasteiger partial charge in [0.1, 0.15) is 11.5 Å². The van der Waals surface area contributed by atoms with E-state index in [-0.39, 0.29) is 11.8 Å². The normalized spacial score (nSPS) is 14.2. The molecule has 4 N–H and O–H groups in total. The van der Waals surface area contributed by atoms with Crippen LogP contribution in [0.25, 0.3) is 0 Å². The molecule has 2 unspecified atom stereocenters. The van der Waals surface area contributed by atoms with Gasteiger partial charge in [0.05, 0.1) is 19.2 Å². The lowest BCUT2D eigenvalue weighted by Crippen LogP contribution is -2.31. The molecule has 1 rings (SSSR count). The first-order valence-electron chi connectivity index (χ1n) is 6.81. The lowest BCUT2D eigenvalue weighted by Gasteiger charge is -2.28. The van der Waals surface area contributed by atoms with Crippen molar-refractivity contribution in [2.24, 2.45) is 23.3 Å². The summed E-state index contributed by atoms with van der Waals surface area (Å²) < 4.78 is 10.7. The van der Waals surface area contributed by atoms with Crippen LogP contribution in [-0.2, 0) is 0 Å². The zero-order valence-electron chi connectivity index (χ0n) is 12.7. The Kier molecular flexibility index (Phi) is 6.59. The zero-order chi connectivity index (χ0) is 15.3. The van der Waals surface area contributed by atoms with Gasteiger partial charge in [0.15, 0.2) is 0 Å². The first-order chi connectivity index (χ1) is 9.49. The number of rotatable bonds is 7. The molecule has 1 aromatic carbocycles. The summed E-state index contributed by atoms with van der Waals surface area (Å²) in [4.78, 5) is 0. The molecule has 0 saturated heterocycles. The minimum absolute atomic E-state index is 0.241. The molecule has 0 fully saturated rings. The second kappa shape index (κ2) is 7.72. The van der Waals surface area contributed by atoms with Gasteiger partial charge >= 0.3 is 0 Å². The van der Waals surface area contributed by atoms with E-state index in [0.717, 1.165) is 11.3 Å². The molecule has 2 atom stereocenters. The molecule has 4 nitrogen and oxygen atoms in total. The minimum atomic E-state index is 0.241. The highest BCUT2D eigenvalue weighted by Gasteiger charge is 2.25. The number of benzene rings is 1. The summed E-state index contributed by atoms with van der Waals surface area (Å²) in [5, 5.41) is 0.583. The van der Waals surface area contributed by atoms with Gasteiger partial charge in [-0.05, 0) is 42.5 Å². The average molecular weight is 301 g/mol. The summed E-state index contributed by atoms with van der Waals surface area (Å²) in [5.74, 6) is 2.24. The van der Waals surface area contributed by atoms with Gasteiger partial charge in [-0.2, -0.15) is 0 Å². The van der Waals surface area contributed by atoms with Gasteiger partial charge in [-0.1, -0.05) is 25.4 Å². The Morgan fingerprint density at radius 2 is 1.60 bits per heavy atom. The molecule has 1 aromatic rings. The third kappa shape index (κ3) is 3.57. The maximum atomic E-state index is 6.22. The van der Waals surface area contributed by atoms with Crippen molar-refractivity contribution >= 4 is 11.6 Å². The van der Waals surface area contributed by atoms with Crippen LogP contribution in [0.2, 0.25) is 5.02 Å². The van der Waals surface area contributed by atoms with E-state index in [1.54, 1.807) is 14.2 Å². The average Bonchev–Trinajstić information content (AvgIpc) is 2.47. The third-order valence-electron chi connectivity index (χ3n) is 4.13. The van der Waals surface area contributed by atoms with Crippen LogP contribution in [0.4, 0.5) is 0 Å². The number of hydrogen-bond acceptors (Lipinski definition) is 4. The largest absolute Gasteiger partial charge is 0.496 e. The highest BCUT2D eigenvalue weighted by atomic mass is 35.5. The summed E-state index contributed by atoms with van der Waals surface area (Å²) >= 11 is 6.22. The van der Waals surface area contributed by atoms with Crippen LogP contribution < -0.4 is 20.9 Å². The smallest absolute Gasteiger partial charge is 0.141 e. The van der Waals surface area contributed by atoms with Gasteiger partial charge in [-0.15, -0.1) is 0 Å². The Bertz CT molecular complexity index is 436. The number of nitrogens with two attached hydrogens (primary N) is 2. The summed E-state index contributed by atoms with van der Waals surface area (Å²) in [6, 6.07) is 3.73. The number of methoxy groups -OCH3 is 2. The second-order valence-corrected chi connectivity index (χ2v) is 5.52. The Morgan fingerprint density at radius 3 is 2.05 bits per heavy atom. The molecule has 0 aliphatic heterocycles. The van der Waals surface area contributed by atoms with E-state index in [4.69, 9.17) is 32.5 Å². The zero-order valence-corrected chi connectivity index (χ0v) is 13.4. The summed E-state index contributed by atoms with van der Waals surface area (Å²) in [5.41, 5.74) is 12.6. The van der Waals surface area contributed by atoms with Crippen LogP contribution in [0, 0.1) is 11.8 Å². The summed E-state index contributed by atoms with van der Waals surface area (Å²) in [6.07, 6.45) is 0. The molecule has 0 aromatic heterocycles. The van der Waals surface area contributed by atoms with E-state index in [1.165, 1.54) is 0 Å². The quantitative estimate of drug-likeness (QED) is 0.812. The number of halogens is 1. The van der Waals surface area contributed by atoms with Crippen molar-refractivity contribution in [2.45, 2.75) is 19.8 Å². The van der Waals surface area contributed by atoms with Crippen molar-refractivity contribution in [1.29, 1.82) is 0 Å². The van der Waals surface area contributed by atoms with Crippen molar-refractivity contribution in [2.75, 3.05) is 27.3 Å². The number of hydrogen-bond donors (Lipinski definition) is 2. The second-order valence-electron chi connectivity index (χ2n) is 5.11. The summed E-state index contributed by atoms with van der Waals surface area (Å²) in [6.45, 7) is 5.46. The Hall–Kier alpha value is -0.970. The van der Waals surface area contributed by atoms with Crippen LogP contribution in [0.15, 0.2) is 12.1 Å². The van der Waals surface area contributed by atoms with Crippen molar-refractivity contribution in [3.63, 3.8) is 0 Å². The molecule has 0 radical (unpaired) electrons.